The van der Waals surface area contributed by atoms with Crippen LogP contribution in [0.3, 0.4) is 0 Å². The van der Waals surface area contributed by atoms with E-state index >= 15 is 0 Å². The van der Waals surface area contributed by atoms with Crippen molar-refractivity contribution in [2.24, 2.45) is 0 Å². The van der Waals surface area contributed by atoms with E-state index in [0.717, 1.165) is 15.4 Å². The highest BCUT2D eigenvalue weighted by Crippen LogP contribution is 2.32. The second-order valence-electron chi connectivity index (χ2n) is 9.97. The fraction of sp³-hybridized carbons (Fsp3) is 0.235. The number of rotatable bonds is 14. The van der Waals surface area contributed by atoms with Crippen LogP contribution in [0.4, 0.5) is 5.69 Å². The molecule has 0 fully saturated rings. The number of methoxy groups -OCH3 is 2. The summed E-state index contributed by atoms with van der Waals surface area (Å²) in [6.07, 6.45) is 0.225. The van der Waals surface area contributed by atoms with Crippen LogP contribution in [0.15, 0.2) is 114 Å². The molecule has 0 aliphatic rings. The first kappa shape index (κ1) is 32.1. The third-order valence-electron chi connectivity index (χ3n) is 7.07. The molecule has 4 aromatic carbocycles. The molecule has 2 amide bonds. The van der Waals surface area contributed by atoms with E-state index in [1.54, 1.807) is 67.8 Å². The molecule has 1 unspecified atom stereocenters. The zero-order valence-corrected chi connectivity index (χ0v) is 25.9. The Morgan fingerprint density at radius 2 is 1.43 bits per heavy atom. The largest absolute Gasteiger partial charge is 0.497 e. The number of para-hydroxylation sites is 2. The Labute approximate surface area is 259 Å². The molecular formula is C34H37N3O6S. The maximum atomic E-state index is 14.5. The van der Waals surface area contributed by atoms with E-state index in [1.807, 2.05) is 43.3 Å². The number of likely N-dealkylation sites (N-methyl/N-ethyl adjacent to an activating group) is 1. The number of anilines is 1. The van der Waals surface area contributed by atoms with Crippen molar-refractivity contribution in [3.05, 3.63) is 120 Å². The van der Waals surface area contributed by atoms with Crippen LogP contribution in [0.25, 0.3) is 0 Å². The molecule has 9 nitrogen and oxygen atoms in total. The lowest BCUT2D eigenvalue weighted by atomic mass is 10.0. The Morgan fingerprint density at radius 3 is 2.09 bits per heavy atom. The zero-order chi connectivity index (χ0) is 31.5. The van der Waals surface area contributed by atoms with Crippen molar-refractivity contribution in [2.75, 3.05) is 31.6 Å². The minimum absolute atomic E-state index is 0.0163. The Hall–Kier alpha value is -4.83. The Kier molecular flexibility index (Phi) is 11.0. The Bertz CT molecular complexity index is 1650. The maximum Gasteiger partial charge on any atom is 0.264 e. The van der Waals surface area contributed by atoms with Gasteiger partial charge in [-0.05, 0) is 54.4 Å². The lowest BCUT2D eigenvalue weighted by Gasteiger charge is -2.34. The van der Waals surface area contributed by atoms with Gasteiger partial charge in [-0.15, -0.1) is 0 Å². The summed E-state index contributed by atoms with van der Waals surface area (Å²) < 4.78 is 40.1. The smallest absolute Gasteiger partial charge is 0.264 e. The van der Waals surface area contributed by atoms with Crippen molar-refractivity contribution in [2.45, 2.75) is 30.8 Å². The van der Waals surface area contributed by atoms with E-state index in [2.05, 4.69) is 5.32 Å². The van der Waals surface area contributed by atoms with Crippen molar-refractivity contribution in [1.82, 2.24) is 10.2 Å². The number of nitrogens with one attached hydrogen (secondary N) is 1. The molecule has 44 heavy (non-hydrogen) atoms. The van der Waals surface area contributed by atoms with Gasteiger partial charge in [0.05, 0.1) is 24.8 Å². The minimum atomic E-state index is -4.23. The highest BCUT2D eigenvalue weighted by molar-refractivity contribution is 7.92. The molecule has 0 bridgehead atoms. The summed E-state index contributed by atoms with van der Waals surface area (Å²) in [6, 6.07) is 30.2. The topological polar surface area (TPSA) is 105 Å². The highest BCUT2D eigenvalue weighted by Gasteiger charge is 2.35. The lowest BCUT2D eigenvalue weighted by molar-refractivity contribution is -0.140. The molecule has 10 heteroatoms. The van der Waals surface area contributed by atoms with E-state index in [-0.39, 0.29) is 35.2 Å². The monoisotopic (exact) mass is 615 g/mol. The minimum Gasteiger partial charge on any atom is -0.497 e. The summed E-state index contributed by atoms with van der Waals surface area (Å²) in [7, 11) is -1.24. The molecule has 0 aliphatic carbocycles. The Balaban J connectivity index is 1.82. The van der Waals surface area contributed by atoms with Crippen molar-refractivity contribution < 1.29 is 27.5 Å². The van der Waals surface area contributed by atoms with Gasteiger partial charge in [0, 0.05) is 19.5 Å². The number of nitrogens with zero attached hydrogens (tertiary/aromatic N) is 2. The zero-order valence-electron chi connectivity index (χ0n) is 25.1. The summed E-state index contributed by atoms with van der Waals surface area (Å²) in [5.41, 5.74) is 1.77. The molecule has 0 radical (unpaired) electrons. The second kappa shape index (κ2) is 15.1. The van der Waals surface area contributed by atoms with Gasteiger partial charge in [0.25, 0.3) is 10.0 Å². The number of ether oxygens (including phenoxy) is 2. The number of carbonyl (C=O) groups excluding carboxylic acids is 2. The third-order valence-corrected chi connectivity index (χ3v) is 8.85. The van der Waals surface area contributed by atoms with Gasteiger partial charge in [0.15, 0.2) is 0 Å². The third kappa shape index (κ3) is 7.76. The number of hydrogen-bond donors (Lipinski definition) is 1. The summed E-state index contributed by atoms with van der Waals surface area (Å²) in [5.74, 6) is -0.0358. The van der Waals surface area contributed by atoms with Crippen molar-refractivity contribution in [3.8, 4) is 11.5 Å². The van der Waals surface area contributed by atoms with Crippen LogP contribution in [0.5, 0.6) is 11.5 Å². The fourth-order valence-corrected chi connectivity index (χ4v) is 6.33. The first-order valence-corrected chi connectivity index (χ1v) is 15.7. The number of sulfonamides is 1. The van der Waals surface area contributed by atoms with Gasteiger partial charge < -0.3 is 19.7 Å². The van der Waals surface area contributed by atoms with Gasteiger partial charge >= 0.3 is 0 Å². The predicted molar refractivity (Wildman–Crippen MR) is 170 cm³/mol. The van der Waals surface area contributed by atoms with Gasteiger partial charge in [0.2, 0.25) is 11.8 Å². The molecule has 230 valence electrons. The number of hydrogen-bond acceptors (Lipinski definition) is 6. The standard InChI is InChI=1S/C34H37N3O6S/c1-4-35-34(39)31(23-26-14-7-5-8-15-26)36(24-27-16-13-17-28(22-27)42-2)33(38)25-37(30-20-11-12-21-32(30)43-3)44(40,41)29-18-9-6-10-19-29/h5-22,31H,4,23-25H2,1-3H3,(H,35,39). The summed E-state index contributed by atoms with van der Waals surface area (Å²) in [5, 5.41) is 2.86. The van der Waals surface area contributed by atoms with Gasteiger partial charge in [-0.1, -0.05) is 72.8 Å². The van der Waals surface area contributed by atoms with Crippen LogP contribution in [-0.2, 0) is 32.6 Å². The first-order valence-electron chi connectivity index (χ1n) is 14.2. The predicted octanol–water partition coefficient (Wildman–Crippen LogP) is 4.68. The van der Waals surface area contributed by atoms with Crippen LogP contribution in [-0.4, -0.2) is 58.5 Å². The Morgan fingerprint density at radius 1 is 0.795 bits per heavy atom. The average Bonchev–Trinajstić information content (AvgIpc) is 3.06. The molecule has 0 saturated heterocycles. The van der Waals surface area contributed by atoms with Gasteiger partial charge in [-0.2, -0.15) is 0 Å². The molecule has 1 N–H and O–H groups in total. The van der Waals surface area contributed by atoms with Crippen LogP contribution < -0.4 is 19.1 Å². The molecule has 4 rings (SSSR count). The molecule has 0 aliphatic heterocycles. The second-order valence-corrected chi connectivity index (χ2v) is 11.8. The molecule has 0 heterocycles. The van der Waals surface area contributed by atoms with Gasteiger partial charge in [-0.3, -0.25) is 13.9 Å². The number of benzene rings is 4. The fourth-order valence-electron chi connectivity index (χ4n) is 4.88. The number of amides is 2. The van der Waals surface area contributed by atoms with Gasteiger partial charge in [-0.25, -0.2) is 8.42 Å². The van der Waals surface area contributed by atoms with E-state index in [9.17, 15) is 18.0 Å². The van der Waals surface area contributed by atoms with E-state index in [1.165, 1.54) is 24.1 Å². The van der Waals surface area contributed by atoms with Crippen molar-refractivity contribution >= 4 is 27.5 Å². The van der Waals surface area contributed by atoms with Crippen molar-refractivity contribution in [3.63, 3.8) is 0 Å². The normalized spacial score (nSPS) is 11.7. The van der Waals surface area contributed by atoms with E-state index in [0.29, 0.717) is 12.3 Å². The quantitative estimate of drug-likeness (QED) is 0.221. The molecule has 4 aromatic rings. The number of carbonyl (C=O) groups is 2. The van der Waals surface area contributed by atoms with Crippen molar-refractivity contribution in [1.29, 1.82) is 0 Å². The summed E-state index contributed by atoms with van der Waals surface area (Å²) >= 11 is 0. The molecule has 0 spiro atoms. The lowest BCUT2D eigenvalue weighted by Crippen LogP contribution is -2.53. The summed E-state index contributed by atoms with van der Waals surface area (Å²) in [4.78, 5) is 29.5. The first-order chi connectivity index (χ1) is 21.3. The average molecular weight is 616 g/mol. The van der Waals surface area contributed by atoms with Crippen LogP contribution in [0, 0.1) is 0 Å². The molecular weight excluding hydrogens is 578 g/mol. The summed E-state index contributed by atoms with van der Waals surface area (Å²) in [6.45, 7) is 1.63. The molecule has 0 saturated carbocycles. The van der Waals surface area contributed by atoms with Crippen LogP contribution in [0.1, 0.15) is 18.1 Å². The van der Waals surface area contributed by atoms with Crippen LogP contribution >= 0.6 is 0 Å². The highest BCUT2D eigenvalue weighted by atomic mass is 32.2. The van der Waals surface area contributed by atoms with E-state index < -0.39 is 28.5 Å². The molecule has 1 atom stereocenters. The maximum absolute atomic E-state index is 14.5. The van der Waals surface area contributed by atoms with Gasteiger partial charge in [0.1, 0.15) is 24.1 Å². The SMILES string of the molecule is CCNC(=O)C(Cc1ccccc1)N(Cc1cccc(OC)c1)C(=O)CN(c1ccccc1OC)S(=O)(=O)c1ccccc1. The van der Waals surface area contributed by atoms with E-state index in [4.69, 9.17) is 9.47 Å². The molecule has 0 aromatic heterocycles. The van der Waals surface area contributed by atoms with Crippen LogP contribution in [0.2, 0.25) is 0 Å².